The van der Waals surface area contributed by atoms with Crippen molar-refractivity contribution in [1.29, 1.82) is 0 Å². The van der Waals surface area contributed by atoms with Crippen LogP contribution in [0.4, 0.5) is 4.39 Å². The predicted molar refractivity (Wildman–Crippen MR) is 85.5 cm³/mol. The molecule has 7 heteroatoms. The molecule has 1 saturated heterocycles. The van der Waals surface area contributed by atoms with E-state index in [0.717, 1.165) is 0 Å². The average Bonchev–Trinajstić information content (AvgIpc) is 2.83. The Morgan fingerprint density at radius 1 is 1.35 bits per heavy atom. The fourth-order valence-electron chi connectivity index (χ4n) is 2.63. The second kappa shape index (κ2) is 7.29. The van der Waals surface area contributed by atoms with E-state index in [4.69, 9.17) is 4.74 Å². The third-order valence-corrected chi connectivity index (χ3v) is 5.46. The molecule has 0 N–H and O–H groups in total. The maximum absolute atomic E-state index is 12.8. The van der Waals surface area contributed by atoms with Gasteiger partial charge < -0.3 is 9.64 Å². The van der Waals surface area contributed by atoms with Gasteiger partial charge in [-0.3, -0.25) is 4.79 Å². The van der Waals surface area contributed by atoms with Gasteiger partial charge in [0, 0.05) is 12.6 Å². The van der Waals surface area contributed by atoms with Gasteiger partial charge in [0.15, 0.2) is 16.4 Å². The minimum atomic E-state index is -3.06. The van der Waals surface area contributed by atoms with Crippen molar-refractivity contribution >= 4 is 15.7 Å². The van der Waals surface area contributed by atoms with E-state index in [1.54, 1.807) is 4.90 Å². The van der Waals surface area contributed by atoms with Gasteiger partial charge >= 0.3 is 0 Å². The lowest BCUT2D eigenvalue weighted by Gasteiger charge is -2.29. The van der Waals surface area contributed by atoms with Crippen LogP contribution in [-0.4, -0.2) is 49.9 Å². The minimum Gasteiger partial charge on any atom is -0.484 e. The van der Waals surface area contributed by atoms with Crippen LogP contribution in [0.2, 0.25) is 0 Å². The maximum atomic E-state index is 12.8. The molecule has 1 aromatic rings. The standard InChI is InChI=1S/C16H22FNO4S/c1-12(2)9-18(14-7-8-23(20,21)11-14)16(19)10-22-15-5-3-13(17)4-6-15/h3-6,12,14H,7-11H2,1-2H3. The summed E-state index contributed by atoms with van der Waals surface area (Å²) < 4.78 is 41.6. The zero-order valence-electron chi connectivity index (χ0n) is 13.4. The number of sulfone groups is 1. The van der Waals surface area contributed by atoms with Crippen molar-refractivity contribution in [3.63, 3.8) is 0 Å². The summed E-state index contributed by atoms with van der Waals surface area (Å²) in [6.45, 7) is 4.26. The fraction of sp³-hybridized carbons (Fsp3) is 0.562. The number of rotatable bonds is 6. The Kier molecular flexibility index (Phi) is 5.62. The Morgan fingerprint density at radius 3 is 2.52 bits per heavy atom. The summed E-state index contributed by atoms with van der Waals surface area (Å²) >= 11 is 0. The van der Waals surface area contributed by atoms with Crippen molar-refractivity contribution in [3.05, 3.63) is 30.1 Å². The molecule has 2 rings (SSSR count). The van der Waals surface area contributed by atoms with E-state index in [1.807, 2.05) is 13.8 Å². The van der Waals surface area contributed by atoms with E-state index in [2.05, 4.69) is 0 Å². The molecule has 23 heavy (non-hydrogen) atoms. The summed E-state index contributed by atoms with van der Waals surface area (Å²) in [6, 6.07) is 5.14. The highest BCUT2D eigenvalue weighted by Crippen LogP contribution is 2.20. The molecule has 1 fully saturated rings. The van der Waals surface area contributed by atoms with Crippen LogP contribution in [0.15, 0.2) is 24.3 Å². The molecule has 0 aromatic heterocycles. The quantitative estimate of drug-likeness (QED) is 0.791. The molecule has 1 aliphatic heterocycles. The maximum Gasteiger partial charge on any atom is 0.260 e. The summed E-state index contributed by atoms with van der Waals surface area (Å²) in [4.78, 5) is 14.1. The Balaban J connectivity index is 2.00. The molecule has 1 unspecified atom stereocenters. The second-order valence-electron chi connectivity index (χ2n) is 6.24. The van der Waals surface area contributed by atoms with Crippen LogP contribution in [0.1, 0.15) is 20.3 Å². The Morgan fingerprint density at radius 2 is 2.00 bits per heavy atom. The van der Waals surface area contributed by atoms with Gasteiger partial charge in [-0.1, -0.05) is 13.8 Å². The number of ether oxygens (including phenoxy) is 1. The molecule has 1 atom stereocenters. The zero-order chi connectivity index (χ0) is 17.0. The second-order valence-corrected chi connectivity index (χ2v) is 8.47. The topological polar surface area (TPSA) is 63.7 Å². The number of amides is 1. The van der Waals surface area contributed by atoms with E-state index < -0.39 is 9.84 Å². The van der Waals surface area contributed by atoms with Gasteiger partial charge in [-0.25, -0.2) is 12.8 Å². The van der Waals surface area contributed by atoms with Gasteiger partial charge in [0.05, 0.1) is 11.5 Å². The number of nitrogens with zero attached hydrogens (tertiary/aromatic N) is 1. The first kappa shape index (κ1) is 17.7. The smallest absolute Gasteiger partial charge is 0.260 e. The monoisotopic (exact) mass is 343 g/mol. The van der Waals surface area contributed by atoms with Crippen LogP contribution in [-0.2, 0) is 14.6 Å². The van der Waals surface area contributed by atoms with E-state index >= 15 is 0 Å². The summed E-state index contributed by atoms with van der Waals surface area (Å²) in [5, 5.41) is 0. The summed E-state index contributed by atoms with van der Waals surface area (Å²) in [5.74, 6) is 0.156. The van der Waals surface area contributed by atoms with Crippen molar-refractivity contribution in [1.82, 2.24) is 4.90 Å². The summed E-state index contributed by atoms with van der Waals surface area (Å²) in [7, 11) is -3.06. The molecular formula is C16H22FNO4S. The van der Waals surface area contributed by atoms with Crippen molar-refractivity contribution < 1.29 is 22.3 Å². The summed E-state index contributed by atoms with van der Waals surface area (Å²) in [5.41, 5.74) is 0. The molecule has 0 spiro atoms. The van der Waals surface area contributed by atoms with Gasteiger partial charge in [-0.05, 0) is 36.6 Å². The van der Waals surface area contributed by atoms with Crippen LogP contribution >= 0.6 is 0 Å². The molecule has 0 radical (unpaired) electrons. The highest BCUT2D eigenvalue weighted by molar-refractivity contribution is 7.91. The number of hydrogen-bond donors (Lipinski definition) is 0. The first-order valence-electron chi connectivity index (χ1n) is 7.65. The molecule has 1 aliphatic rings. The van der Waals surface area contributed by atoms with E-state index in [-0.39, 0.29) is 41.8 Å². The van der Waals surface area contributed by atoms with Crippen molar-refractivity contribution in [2.75, 3.05) is 24.7 Å². The molecule has 5 nitrogen and oxygen atoms in total. The largest absolute Gasteiger partial charge is 0.484 e. The van der Waals surface area contributed by atoms with Crippen LogP contribution in [0, 0.1) is 11.7 Å². The minimum absolute atomic E-state index is 0.0159. The number of halogens is 1. The number of carbonyl (C=O) groups excluding carboxylic acids is 1. The van der Waals surface area contributed by atoms with Crippen LogP contribution in [0.25, 0.3) is 0 Å². The Hall–Kier alpha value is -1.63. The van der Waals surface area contributed by atoms with E-state index in [0.29, 0.717) is 18.7 Å². The average molecular weight is 343 g/mol. The van der Waals surface area contributed by atoms with Crippen LogP contribution < -0.4 is 4.74 Å². The van der Waals surface area contributed by atoms with Crippen LogP contribution in [0.5, 0.6) is 5.75 Å². The van der Waals surface area contributed by atoms with Crippen molar-refractivity contribution in [3.8, 4) is 5.75 Å². The molecular weight excluding hydrogens is 321 g/mol. The first-order chi connectivity index (χ1) is 10.8. The third kappa shape index (κ3) is 5.20. The van der Waals surface area contributed by atoms with Gasteiger partial charge in [-0.2, -0.15) is 0 Å². The molecule has 128 valence electrons. The van der Waals surface area contributed by atoms with Crippen molar-refractivity contribution in [2.45, 2.75) is 26.3 Å². The lowest BCUT2D eigenvalue weighted by Crippen LogP contribution is -2.45. The highest BCUT2D eigenvalue weighted by Gasteiger charge is 2.34. The first-order valence-corrected chi connectivity index (χ1v) is 9.47. The fourth-order valence-corrected chi connectivity index (χ4v) is 4.36. The Bertz CT molecular complexity index is 643. The van der Waals surface area contributed by atoms with Gasteiger partial charge in [0.1, 0.15) is 11.6 Å². The highest BCUT2D eigenvalue weighted by atomic mass is 32.2. The molecule has 0 saturated carbocycles. The molecule has 0 bridgehead atoms. The van der Waals surface area contributed by atoms with Crippen molar-refractivity contribution in [2.24, 2.45) is 5.92 Å². The zero-order valence-corrected chi connectivity index (χ0v) is 14.2. The number of carbonyl (C=O) groups is 1. The van der Waals surface area contributed by atoms with E-state index in [9.17, 15) is 17.6 Å². The third-order valence-electron chi connectivity index (χ3n) is 3.71. The number of benzene rings is 1. The lowest BCUT2D eigenvalue weighted by molar-refractivity contribution is -0.135. The van der Waals surface area contributed by atoms with Crippen LogP contribution in [0.3, 0.4) is 0 Å². The predicted octanol–water partition coefficient (Wildman–Crippen LogP) is 1.88. The van der Waals surface area contributed by atoms with Gasteiger partial charge in [0.25, 0.3) is 5.91 Å². The summed E-state index contributed by atoms with van der Waals surface area (Å²) in [6.07, 6.45) is 0.470. The Labute approximate surface area is 136 Å². The number of hydrogen-bond acceptors (Lipinski definition) is 4. The molecule has 0 aliphatic carbocycles. The molecule has 1 aromatic carbocycles. The normalized spacial score (nSPS) is 19.7. The molecule has 1 amide bonds. The van der Waals surface area contributed by atoms with Gasteiger partial charge in [0.2, 0.25) is 0 Å². The van der Waals surface area contributed by atoms with Gasteiger partial charge in [-0.15, -0.1) is 0 Å². The molecule has 1 heterocycles. The lowest BCUT2D eigenvalue weighted by atomic mass is 10.1. The van der Waals surface area contributed by atoms with E-state index in [1.165, 1.54) is 24.3 Å². The SMILES string of the molecule is CC(C)CN(C(=O)COc1ccc(F)cc1)C1CCS(=O)(=O)C1.